The van der Waals surface area contributed by atoms with Crippen LogP contribution in [0.25, 0.3) is 6.08 Å². The van der Waals surface area contributed by atoms with Crippen LogP contribution >= 0.6 is 0 Å². The molecule has 0 spiro atoms. The highest BCUT2D eigenvalue weighted by Crippen LogP contribution is 2.19. The molecule has 0 amide bonds. The van der Waals surface area contributed by atoms with Crippen molar-refractivity contribution in [1.82, 2.24) is 10.2 Å². The number of likely N-dealkylation sites (tertiary alicyclic amines) is 1. The van der Waals surface area contributed by atoms with E-state index in [1.54, 1.807) is 0 Å². The van der Waals surface area contributed by atoms with Gasteiger partial charge in [-0.05, 0) is 36.1 Å². The lowest BCUT2D eigenvalue weighted by molar-refractivity contribution is 0.375. The maximum Gasteiger partial charge on any atom is 0.193 e. The lowest BCUT2D eigenvalue weighted by Gasteiger charge is -2.31. The van der Waals surface area contributed by atoms with Crippen molar-refractivity contribution in [2.45, 2.75) is 19.4 Å². The first-order valence-corrected chi connectivity index (χ1v) is 8.97. The van der Waals surface area contributed by atoms with Crippen LogP contribution in [0.2, 0.25) is 0 Å². The van der Waals surface area contributed by atoms with Crippen molar-refractivity contribution in [2.24, 2.45) is 4.99 Å². The van der Waals surface area contributed by atoms with E-state index < -0.39 is 0 Å². The zero-order valence-electron chi connectivity index (χ0n) is 15.2. The van der Waals surface area contributed by atoms with Crippen LogP contribution in [0.5, 0.6) is 0 Å². The Morgan fingerprint density at radius 1 is 1.12 bits per heavy atom. The van der Waals surface area contributed by atoms with E-state index in [4.69, 9.17) is 5.26 Å². The molecule has 0 bridgehead atoms. The van der Waals surface area contributed by atoms with Gasteiger partial charge in [0.1, 0.15) is 0 Å². The monoisotopic (exact) mass is 344 g/mol. The van der Waals surface area contributed by atoms with Crippen LogP contribution in [0.15, 0.2) is 65.2 Å². The fourth-order valence-electron chi connectivity index (χ4n) is 3.15. The molecular weight excluding hydrogens is 320 g/mol. The van der Waals surface area contributed by atoms with Gasteiger partial charge in [0.2, 0.25) is 0 Å². The van der Waals surface area contributed by atoms with Gasteiger partial charge in [-0.2, -0.15) is 5.26 Å². The number of benzene rings is 2. The first-order chi connectivity index (χ1) is 12.8. The van der Waals surface area contributed by atoms with Gasteiger partial charge in [-0.1, -0.05) is 54.1 Å². The molecule has 1 aliphatic heterocycles. The summed E-state index contributed by atoms with van der Waals surface area (Å²) in [7, 11) is 1.83. The summed E-state index contributed by atoms with van der Waals surface area (Å²) in [6, 6.07) is 20.3. The highest BCUT2D eigenvalue weighted by atomic mass is 15.3. The molecule has 2 aromatic rings. The molecule has 0 atom stereocenters. The molecule has 132 valence electrons. The molecule has 1 saturated heterocycles. The zero-order valence-corrected chi connectivity index (χ0v) is 15.2. The third-order valence-corrected chi connectivity index (χ3v) is 4.62. The molecule has 2 aromatic carbocycles. The zero-order chi connectivity index (χ0) is 18.2. The third-order valence-electron chi connectivity index (χ3n) is 4.62. The van der Waals surface area contributed by atoms with Gasteiger partial charge >= 0.3 is 0 Å². The molecule has 0 radical (unpaired) electrons. The van der Waals surface area contributed by atoms with Crippen LogP contribution in [0.3, 0.4) is 0 Å². The second kappa shape index (κ2) is 8.87. The van der Waals surface area contributed by atoms with Crippen molar-refractivity contribution >= 4 is 12.0 Å². The van der Waals surface area contributed by atoms with Crippen LogP contribution in [-0.4, -0.2) is 31.0 Å². The summed E-state index contributed by atoms with van der Waals surface area (Å²) < 4.78 is 0. The van der Waals surface area contributed by atoms with E-state index >= 15 is 0 Å². The molecule has 1 N–H and O–H groups in total. The summed E-state index contributed by atoms with van der Waals surface area (Å²) in [5, 5.41) is 12.3. The fraction of sp³-hybridized carbons (Fsp3) is 0.273. The predicted octanol–water partition coefficient (Wildman–Crippen LogP) is 3.81. The molecule has 0 saturated carbocycles. The number of hydrogen-bond acceptors (Lipinski definition) is 2. The minimum Gasteiger partial charge on any atom is -0.352 e. The molecule has 0 unspecified atom stereocenters. The van der Waals surface area contributed by atoms with Gasteiger partial charge in [-0.15, -0.1) is 0 Å². The highest BCUT2D eigenvalue weighted by Gasteiger charge is 2.17. The molecule has 4 nitrogen and oxygen atoms in total. The molecular formula is C22H24N4. The van der Waals surface area contributed by atoms with Gasteiger partial charge < -0.3 is 10.2 Å². The average Bonchev–Trinajstić information content (AvgIpc) is 2.71. The van der Waals surface area contributed by atoms with Crippen molar-refractivity contribution in [1.29, 1.82) is 5.26 Å². The lowest BCUT2D eigenvalue weighted by atomic mass is 10.0. The van der Waals surface area contributed by atoms with Crippen LogP contribution in [0.4, 0.5) is 0 Å². The van der Waals surface area contributed by atoms with E-state index in [1.165, 1.54) is 11.1 Å². The Morgan fingerprint density at radius 2 is 1.81 bits per heavy atom. The number of aliphatic imine (C=N–C) groups is 1. The third kappa shape index (κ3) is 4.73. The van der Waals surface area contributed by atoms with Crippen molar-refractivity contribution in [3.8, 4) is 6.07 Å². The van der Waals surface area contributed by atoms with E-state index in [9.17, 15) is 0 Å². The molecule has 0 aliphatic carbocycles. The van der Waals surface area contributed by atoms with Gasteiger partial charge in [0.15, 0.2) is 5.96 Å². The van der Waals surface area contributed by atoms with Crippen LogP contribution in [0, 0.1) is 11.3 Å². The Balaban J connectivity index is 1.53. The van der Waals surface area contributed by atoms with E-state index in [2.05, 4.69) is 51.6 Å². The SMILES string of the molecule is CN=C(NCc1ccc(C#N)cc1)N1CCC(=Cc2ccccc2)CC1. The fourth-order valence-corrected chi connectivity index (χ4v) is 3.15. The number of nitriles is 1. The van der Waals surface area contributed by atoms with Crippen molar-refractivity contribution in [2.75, 3.05) is 20.1 Å². The second-order valence-corrected chi connectivity index (χ2v) is 6.41. The molecule has 4 heteroatoms. The molecule has 1 heterocycles. The standard InChI is InChI=1S/C22H24N4/c1-24-22(25-17-21-9-7-20(16-23)8-10-21)26-13-11-19(12-14-26)15-18-5-3-2-4-6-18/h2-10,15H,11-14,17H2,1H3,(H,24,25). The summed E-state index contributed by atoms with van der Waals surface area (Å²) in [6.07, 6.45) is 4.43. The number of nitrogens with one attached hydrogen (secondary N) is 1. The number of guanidine groups is 1. The summed E-state index contributed by atoms with van der Waals surface area (Å²) >= 11 is 0. The largest absolute Gasteiger partial charge is 0.352 e. The van der Waals surface area contributed by atoms with Gasteiger partial charge in [-0.25, -0.2) is 0 Å². The first kappa shape index (κ1) is 17.8. The first-order valence-electron chi connectivity index (χ1n) is 8.97. The van der Waals surface area contributed by atoms with Gasteiger partial charge in [0.25, 0.3) is 0 Å². The lowest BCUT2D eigenvalue weighted by Crippen LogP contribution is -2.44. The topological polar surface area (TPSA) is 51.4 Å². The summed E-state index contributed by atoms with van der Waals surface area (Å²) in [6.45, 7) is 2.67. The Hall–Kier alpha value is -3.06. The van der Waals surface area contributed by atoms with Gasteiger partial charge in [-0.3, -0.25) is 4.99 Å². The van der Waals surface area contributed by atoms with Crippen molar-refractivity contribution in [3.05, 3.63) is 76.9 Å². The second-order valence-electron chi connectivity index (χ2n) is 6.41. The van der Waals surface area contributed by atoms with Crippen LogP contribution < -0.4 is 5.32 Å². The predicted molar refractivity (Wildman–Crippen MR) is 107 cm³/mol. The maximum atomic E-state index is 8.87. The number of piperidine rings is 1. The smallest absolute Gasteiger partial charge is 0.193 e. The van der Waals surface area contributed by atoms with E-state index in [-0.39, 0.29) is 0 Å². The quantitative estimate of drug-likeness (QED) is 0.680. The van der Waals surface area contributed by atoms with Crippen molar-refractivity contribution in [3.63, 3.8) is 0 Å². The highest BCUT2D eigenvalue weighted by molar-refractivity contribution is 5.80. The summed E-state index contributed by atoms with van der Waals surface area (Å²) in [5.41, 5.74) is 4.60. The van der Waals surface area contributed by atoms with Crippen LogP contribution in [-0.2, 0) is 6.54 Å². The number of nitrogens with zero attached hydrogens (tertiary/aromatic N) is 3. The van der Waals surface area contributed by atoms with Crippen LogP contribution in [0.1, 0.15) is 29.5 Å². The molecule has 1 fully saturated rings. The summed E-state index contributed by atoms with van der Waals surface area (Å²) in [5.74, 6) is 0.938. The van der Waals surface area contributed by atoms with E-state index in [0.717, 1.165) is 37.5 Å². The Morgan fingerprint density at radius 3 is 2.42 bits per heavy atom. The van der Waals surface area contributed by atoms with Gasteiger partial charge in [0.05, 0.1) is 11.6 Å². The normalized spacial score (nSPS) is 14.7. The molecule has 3 rings (SSSR count). The Bertz CT molecular complexity index is 803. The van der Waals surface area contributed by atoms with Gasteiger partial charge in [0, 0.05) is 26.7 Å². The maximum absolute atomic E-state index is 8.87. The minimum atomic E-state index is 0.687. The molecule has 0 aromatic heterocycles. The summed E-state index contributed by atoms with van der Waals surface area (Å²) in [4.78, 5) is 6.74. The molecule has 1 aliphatic rings. The average molecular weight is 344 g/mol. The van der Waals surface area contributed by atoms with E-state index in [0.29, 0.717) is 12.1 Å². The van der Waals surface area contributed by atoms with Crippen molar-refractivity contribution < 1.29 is 0 Å². The Kier molecular flexibility index (Phi) is 6.05. The van der Waals surface area contributed by atoms with E-state index in [1.807, 2.05) is 37.4 Å². The Labute approximate surface area is 155 Å². The molecule has 26 heavy (non-hydrogen) atoms. The number of hydrogen-bond donors (Lipinski definition) is 1. The minimum absolute atomic E-state index is 0.687. The number of rotatable bonds is 3.